The predicted octanol–water partition coefficient (Wildman–Crippen LogP) is 2.89. The molecule has 1 nitrogen and oxygen atoms in total. The molecule has 0 radical (unpaired) electrons. The number of methoxy groups -OCH3 is 1. The predicted molar refractivity (Wildman–Crippen MR) is 61.0 cm³/mol. The van der Waals surface area contributed by atoms with Crippen molar-refractivity contribution in [2.75, 3.05) is 7.11 Å². The van der Waals surface area contributed by atoms with Crippen LogP contribution in [0.15, 0.2) is 18.2 Å². The molecular formula is C10H15ClOSi. The van der Waals surface area contributed by atoms with Crippen molar-refractivity contribution in [2.45, 2.75) is 19.6 Å². The normalized spacial score (nSPS) is 11.5. The molecule has 0 heterocycles. The minimum absolute atomic E-state index is 0.685. The summed E-state index contributed by atoms with van der Waals surface area (Å²) in [4.78, 5) is 0. The molecule has 0 N–H and O–H groups in total. The molecule has 0 saturated carbocycles. The van der Waals surface area contributed by atoms with Crippen LogP contribution in [0.3, 0.4) is 0 Å². The Morgan fingerprint density at radius 2 is 1.85 bits per heavy atom. The third-order valence-electron chi connectivity index (χ3n) is 2.02. The molecule has 0 amide bonds. The average molecular weight is 215 g/mol. The van der Waals surface area contributed by atoms with E-state index in [-0.39, 0.29) is 0 Å². The first-order chi connectivity index (χ1) is 5.95. The topological polar surface area (TPSA) is 9.23 Å². The van der Waals surface area contributed by atoms with E-state index in [9.17, 15) is 0 Å². The number of halogens is 1. The third-order valence-corrected chi connectivity index (χ3v) is 4.37. The fraction of sp³-hybridized carbons (Fsp3) is 0.400. The minimum atomic E-state index is -1.24. The van der Waals surface area contributed by atoms with Gasteiger partial charge in [0.05, 0.1) is 20.2 Å². The van der Waals surface area contributed by atoms with Crippen LogP contribution in [-0.4, -0.2) is 15.2 Å². The zero-order valence-electron chi connectivity index (χ0n) is 8.52. The van der Waals surface area contributed by atoms with Crippen molar-refractivity contribution in [3.8, 4) is 5.75 Å². The molecular weight excluding hydrogens is 200 g/mol. The summed E-state index contributed by atoms with van der Waals surface area (Å²) in [5.74, 6) is 0.779. The molecule has 0 spiro atoms. The molecule has 0 bridgehead atoms. The summed E-state index contributed by atoms with van der Waals surface area (Å²) in [5, 5.41) is 2.05. The Bertz CT molecular complexity index is 304. The molecule has 0 fully saturated rings. The van der Waals surface area contributed by atoms with Gasteiger partial charge in [-0.15, -0.1) is 0 Å². The molecule has 0 aliphatic carbocycles. The number of hydrogen-bond acceptors (Lipinski definition) is 1. The highest BCUT2D eigenvalue weighted by molar-refractivity contribution is 6.88. The Morgan fingerprint density at radius 3 is 2.31 bits per heavy atom. The molecule has 3 heteroatoms. The molecule has 1 aromatic rings. The maximum atomic E-state index is 5.94. The lowest BCUT2D eigenvalue weighted by Crippen LogP contribution is -2.37. The van der Waals surface area contributed by atoms with Gasteiger partial charge in [-0.2, -0.15) is 0 Å². The lowest BCUT2D eigenvalue weighted by Gasteiger charge is -2.17. The highest BCUT2D eigenvalue weighted by Gasteiger charge is 2.17. The summed E-state index contributed by atoms with van der Waals surface area (Å²) >= 11 is 5.94. The van der Waals surface area contributed by atoms with E-state index >= 15 is 0 Å². The Morgan fingerprint density at radius 1 is 1.23 bits per heavy atom. The second-order valence-electron chi connectivity index (χ2n) is 4.10. The van der Waals surface area contributed by atoms with Crippen molar-refractivity contribution in [1.82, 2.24) is 0 Å². The largest absolute Gasteiger partial charge is 0.495 e. The van der Waals surface area contributed by atoms with Crippen LogP contribution >= 0.6 is 11.6 Å². The van der Waals surface area contributed by atoms with Crippen LogP contribution in [0.1, 0.15) is 0 Å². The fourth-order valence-corrected chi connectivity index (χ4v) is 2.47. The first-order valence-electron chi connectivity index (χ1n) is 4.29. The van der Waals surface area contributed by atoms with Gasteiger partial charge in [-0.05, 0) is 12.1 Å². The van der Waals surface area contributed by atoms with Crippen molar-refractivity contribution < 1.29 is 4.74 Å². The second-order valence-corrected chi connectivity index (χ2v) is 9.58. The van der Waals surface area contributed by atoms with Gasteiger partial charge in [0.15, 0.2) is 0 Å². The Hall–Kier alpha value is -0.473. The molecule has 0 atom stereocenters. The van der Waals surface area contributed by atoms with Crippen molar-refractivity contribution >= 4 is 24.9 Å². The van der Waals surface area contributed by atoms with Gasteiger partial charge >= 0.3 is 0 Å². The van der Waals surface area contributed by atoms with Crippen LogP contribution in [0.5, 0.6) is 5.75 Å². The van der Waals surface area contributed by atoms with Crippen molar-refractivity contribution in [3.05, 3.63) is 23.2 Å². The number of benzene rings is 1. The SMILES string of the molecule is COc1cc([Si](C)(C)C)ccc1Cl. The van der Waals surface area contributed by atoms with Gasteiger partial charge in [-0.25, -0.2) is 0 Å². The maximum Gasteiger partial charge on any atom is 0.137 e. The van der Waals surface area contributed by atoms with Gasteiger partial charge in [0.2, 0.25) is 0 Å². The van der Waals surface area contributed by atoms with E-state index in [1.54, 1.807) is 7.11 Å². The number of ether oxygens (including phenoxy) is 1. The van der Waals surface area contributed by atoms with E-state index in [1.807, 2.05) is 6.07 Å². The van der Waals surface area contributed by atoms with E-state index in [0.717, 1.165) is 5.75 Å². The lowest BCUT2D eigenvalue weighted by molar-refractivity contribution is 0.415. The monoisotopic (exact) mass is 214 g/mol. The Kier molecular flexibility index (Phi) is 3.04. The molecule has 0 aliphatic rings. The summed E-state index contributed by atoms with van der Waals surface area (Å²) in [6.45, 7) is 6.90. The van der Waals surface area contributed by atoms with Crippen LogP contribution in [0.25, 0.3) is 0 Å². The van der Waals surface area contributed by atoms with E-state index < -0.39 is 8.07 Å². The summed E-state index contributed by atoms with van der Waals surface area (Å²) in [6, 6.07) is 6.06. The third kappa shape index (κ3) is 2.48. The van der Waals surface area contributed by atoms with Gasteiger partial charge in [0, 0.05) is 0 Å². The van der Waals surface area contributed by atoms with Crippen LogP contribution in [0.4, 0.5) is 0 Å². The molecule has 13 heavy (non-hydrogen) atoms. The van der Waals surface area contributed by atoms with E-state index in [0.29, 0.717) is 5.02 Å². The standard InChI is InChI=1S/C10H15ClOSi/c1-12-10-7-8(13(2,3)4)5-6-9(10)11/h5-7H,1-4H3. The van der Waals surface area contributed by atoms with Crippen molar-refractivity contribution in [1.29, 1.82) is 0 Å². The molecule has 1 aromatic carbocycles. The Labute approximate surface area is 85.7 Å². The highest BCUT2D eigenvalue weighted by Crippen LogP contribution is 2.22. The van der Waals surface area contributed by atoms with Gasteiger partial charge in [0.25, 0.3) is 0 Å². The zero-order valence-corrected chi connectivity index (χ0v) is 10.3. The minimum Gasteiger partial charge on any atom is -0.495 e. The number of rotatable bonds is 2. The van der Waals surface area contributed by atoms with E-state index in [2.05, 4.69) is 31.8 Å². The van der Waals surface area contributed by atoms with Crippen LogP contribution in [0, 0.1) is 0 Å². The molecule has 0 aliphatic heterocycles. The average Bonchev–Trinajstić information content (AvgIpc) is 2.03. The van der Waals surface area contributed by atoms with Gasteiger partial charge in [-0.1, -0.05) is 42.5 Å². The van der Waals surface area contributed by atoms with Gasteiger partial charge in [-0.3, -0.25) is 0 Å². The summed E-state index contributed by atoms with van der Waals surface area (Å²) in [7, 11) is 0.405. The smallest absolute Gasteiger partial charge is 0.137 e. The quantitative estimate of drug-likeness (QED) is 0.688. The maximum absolute atomic E-state index is 5.94. The highest BCUT2D eigenvalue weighted by atomic mass is 35.5. The second kappa shape index (κ2) is 3.72. The molecule has 0 saturated heterocycles. The van der Waals surface area contributed by atoms with Crippen molar-refractivity contribution in [2.24, 2.45) is 0 Å². The lowest BCUT2D eigenvalue weighted by atomic mass is 10.3. The molecule has 72 valence electrons. The first-order valence-corrected chi connectivity index (χ1v) is 8.17. The van der Waals surface area contributed by atoms with Crippen molar-refractivity contribution in [3.63, 3.8) is 0 Å². The molecule has 0 aromatic heterocycles. The molecule has 0 unspecified atom stereocenters. The zero-order chi connectivity index (χ0) is 10.1. The first kappa shape index (κ1) is 10.6. The van der Waals surface area contributed by atoms with E-state index in [4.69, 9.17) is 16.3 Å². The van der Waals surface area contributed by atoms with Crippen LogP contribution in [-0.2, 0) is 0 Å². The van der Waals surface area contributed by atoms with Gasteiger partial charge in [0.1, 0.15) is 5.75 Å². The number of hydrogen-bond donors (Lipinski definition) is 0. The van der Waals surface area contributed by atoms with E-state index in [1.165, 1.54) is 5.19 Å². The van der Waals surface area contributed by atoms with Crippen LogP contribution < -0.4 is 9.92 Å². The van der Waals surface area contributed by atoms with Gasteiger partial charge < -0.3 is 4.74 Å². The summed E-state index contributed by atoms with van der Waals surface area (Å²) in [5.41, 5.74) is 0. The summed E-state index contributed by atoms with van der Waals surface area (Å²) in [6.07, 6.45) is 0. The Balaban J connectivity index is 3.14. The van der Waals surface area contributed by atoms with Crippen LogP contribution in [0.2, 0.25) is 24.7 Å². The fourth-order valence-electron chi connectivity index (χ4n) is 1.13. The molecule has 1 rings (SSSR count). The summed E-state index contributed by atoms with van der Waals surface area (Å²) < 4.78 is 5.17.